The molecular formula is C8H5F3O3. The first kappa shape index (κ1) is 10.4. The Morgan fingerprint density at radius 1 is 1.36 bits per heavy atom. The van der Waals surface area contributed by atoms with Crippen molar-refractivity contribution in [2.24, 2.45) is 0 Å². The van der Waals surface area contributed by atoms with Crippen molar-refractivity contribution in [2.45, 2.75) is 0 Å². The van der Waals surface area contributed by atoms with Crippen molar-refractivity contribution in [3.8, 4) is 5.75 Å². The Morgan fingerprint density at radius 3 is 2.36 bits per heavy atom. The largest absolute Gasteiger partial charge is 0.491 e. The highest BCUT2D eigenvalue weighted by atomic mass is 19.2. The lowest BCUT2D eigenvalue weighted by molar-refractivity contribution is 0.0689. The minimum absolute atomic E-state index is 0.361. The minimum Gasteiger partial charge on any atom is -0.491 e. The lowest BCUT2D eigenvalue weighted by Crippen LogP contribution is -2.06. The van der Waals surface area contributed by atoms with E-state index in [0.717, 1.165) is 7.11 Å². The molecule has 0 aliphatic heterocycles. The van der Waals surface area contributed by atoms with Gasteiger partial charge in [-0.1, -0.05) is 0 Å². The summed E-state index contributed by atoms with van der Waals surface area (Å²) in [4.78, 5) is 10.3. The molecule has 0 spiro atoms. The van der Waals surface area contributed by atoms with E-state index in [-0.39, 0.29) is 0 Å². The molecular weight excluding hydrogens is 201 g/mol. The third-order valence-electron chi connectivity index (χ3n) is 1.55. The molecule has 6 heteroatoms. The fourth-order valence-electron chi connectivity index (χ4n) is 0.921. The normalized spacial score (nSPS) is 10.0. The summed E-state index contributed by atoms with van der Waals surface area (Å²) in [6, 6.07) is 0.361. The number of ether oxygens (including phenoxy) is 1. The highest BCUT2D eigenvalue weighted by molar-refractivity contribution is 5.88. The second-order valence-corrected chi connectivity index (χ2v) is 2.37. The maximum absolute atomic E-state index is 12.9. The Labute approximate surface area is 76.7 Å². The molecule has 76 valence electrons. The zero-order valence-electron chi connectivity index (χ0n) is 6.97. The first-order valence-electron chi connectivity index (χ1n) is 3.43. The van der Waals surface area contributed by atoms with Gasteiger partial charge in [-0.3, -0.25) is 0 Å². The number of methoxy groups -OCH3 is 1. The van der Waals surface area contributed by atoms with Gasteiger partial charge in [-0.25, -0.2) is 13.6 Å². The molecule has 0 unspecified atom stereocenters. The van der Waals surface area contributed by atoms with E-state index in [9.17, 15) is 18.0 Å². The van der Waals surface area contributed by atoms with Crippen molar-refractivity contribution >= 4 is 5.97 Å². The SMILES string of the molecule is COc1c(F)cc(C(=O)O)c(F)c1F. The van der Waals surface area contributed by atoms with Crippen molar-refractivity contribution in [3.05, 3.63) is 29.1 Å². The number of benzene rings is 1. The van der Waals surface area contributed by atoms with E-state index >= 15 is 0 Å². The third kappa shape index (κ3) is 1.50. The summed E-state index contributed by atoms with van der Waals surface area (Å²) >= 11 is 0. The van der Waals surface area contributed by atoms with E-state index < -0.39 is 34.7 Å². The summed E-state index contributed by atoms with van der Waals surface area (Å²) in [6.45, 7) is 0. The molecule has 0 atom stereocenters. The highest BCUT2D eigenvalue weighted by Crippen LogP contribution is 2.26. The van der Waals surface area contributed by atoms with Crippen molar-refractivity contribution in [3.63, 3.8) is 0 Å². The zero-order chi connectivity index (χ0) is 10.9. The van der Waals surface area contributed by atoms with Crippen LogP contribution < -0.4 is 4.74 Å². The molecule has 0 aliphatic carbocycles. The lowest BCUT2D eigenvalue weighted by Gasteiger charge is -2.05. The maximum Gasteiger partial charge on any atom is 0.338 e. The van der Waals surface area contributed by atoms with Gasteiger partial charge in [0.15, 0.2) is 17.4 Å². The molecule has 0 heterocycles. The van der Waals surface area contributed by atoms with Crippen LogP contribution in [0.25, 0.3) is 0 Å². The second kappa shape index (κ2) is 3.57. The molecule has 1 aromatic carbocycles. The monoisotopic (exact) mass is 206 g/mol. The summed E-state index contributed by atoms with van der Waals surface area (Å²) < 4.78 is 42.8. The standard InChI is InChI=1S/C8H5F3O3/c1-14-7-4(9)2-3(8(12)13)5(10)6(7)11/h2H,1H3,(H,12,13). The molecule has 0 saturated carbocycles. The summed E-state index contributed by atoms with van der Waals surface area (Å²) in [7, 11) is 0.946. The van der Waals surface area contributed by atoms with Gasteiger partial charge in [0.25, 0.3) is 0 Å². The topological polar surface area (TPSA) is 46.5 Å². The van der Waals surface area contributed by atoms with E-state index in [1.165, 1.54) is 0 Å². The van der Waals surface area contributed by atoms with E-state index in [1.807, 2.05) is 0 Å². The van der Waals surface area contributed by atoms with Crippen LogP contribution in [0, 0.1) is 17.5 Å². The predicted molar refractivity (Wildman–Crippen MR) is 39.8 cm³/mol. The quantitative estimate of drug-likeness (QED) is 0.750. The molecule has 0 amide bonds. The molecule has 0 saturated heterocycles. The summed E-state index contributed by atoms with van der Waals surface area (Å²) in [5, 5.41) is 8.36. The van der Waals surface area contributed by atoms with Crippen LogP contribution in [0.4, 0.5) is 13.2 Å². The van der Waals surface area contributed by atoms with Crippen LogP contribution >= 0.6 is 0 Å². The van der Waals surface area contributed by atoms with Crippen LogP contribution in [0.2, 0.25) is 0 Å². The first-order valence-corrected chi connectivity index (χ1v) is 3.43. The number of carbonyl (C=O) groups is 1. The molecule has 1 N–H and O–H groups in total. The number of halogens is 3. The molecule has 0 aromatic heterocycles. The van der Waals surface area contributed by atoms with Gasteiger partial charge in [0.2, 0.25) is 5.82 Å². The molecule has 0 fully saturated rings. The van der Waals surface area contributed by atoms with Crippen LogP contribution in [0.5, 0.6) is 5.75 Å². The van der Waals surface area contributed by atoms with Crippen LogP contribution in [0.3, 0.4) is 0 Å². The smallest absolute Gasteiger partial charge is 0.338 e. The number of rotatable bonds is 2. The van der Waals surface area contributed by atoms with Gasteiger partial charge in [-0.05, 0) is 6.07 Å². The van der Waals surface area contributed by atoms with Gasteiger partial charge in [-0.2, -0.15) is 4.39 Å². The second-order valence-electron chi connectivity index (χ2n) is 2.37. The highest BCUT2D eigenvalue weighted by Gasteiger charge is 2.22. The van der Waals surface area contributed by atoms with E-state index in [0.29, 0.717) is 6.07 Å². The van der Waals surface area contributed by atoms with Crippen LogP contribution in [0.15, 0.2) is 6.07 Å². The number of hydrogen-bond donors (Lipinski definition) is 1. The predicted octanol–water partition coefficient (Wildman–Crippen LogP) is 1.81. The van der Waals surface area contributed by atoms with Gasteiger partial charge in [-0.15, -0.1) is 0 Å². The fraction of sp³-hybridized carbons (Fsp3) is 0.125. The minimum atomic E-state index is -1.75. The Balaban J connectivity index is 3.47. The van der Waals surface area contributed by atoms with Crippen LogP contribution in [0.1, 0.15) is 10.4 Å². The average molecular weight is 206 g/mol. The van der Waals surface area contributed by atoms with Crippen LogP contribution in [-0.4, -0.2) is 18.2 Å². The van der Waals surface area contributed by atoms with Gasteiger partial charge in [0.1, 0.15) is 5.56 Å². The number of hydrogen-bond acceptors (Lipinski definition) is 2. The average Bonchev–Trinajstić information content (AvgIpc) is 2.12. The van der Waals surface area contributed by atoms with Gasteiger partial charge >= 0.3 is 5.97 Å². The first-order chi connectivity index (χ1) is 6.49. The summed E-state index contributed by atoms with van der Waals surface area (Å²) in [5.41, 5.74) is -1.07. The van der Waals surface area contributed by atoms with E-state index in [1.54, 1.807) is 0 Å². The molecule has 0 bridgehead atoms. The molecule has 1 aromatic rings. The Bertz CT molecular complexity index is 390. The Hall–Kier alpha value is -1.72. The van der Waals surface area contributed by atoms with Crippen LogP contribution in [-0.2, 0) is 0 Å². The number of aromatic carboxylic acids is 1. The van der Waals surface area contributed by atoms with E-state index in [2.05, 4.69) is 4.74 Å². The fourth-order valence-corrected chi connectivity index (χ4v) is 0.921. The lowest BCUT2D eigenvalue weighted by atomic mass is 10.2. The van der Waals surface area contributed by atoms with Crippen molar-refractivity contribution in [2.75, 3.05) is 7.11 Å². The van der Waals surface area contributed by atoms with Crippen molar-refractivity contribution in [1.82, 2.24) is 0 Å². The summed E-state index contributed by atoms with van der Waals surface area (Å²) in [5.74, 6) is -7.24. The number of carboxylic acid groups (broad SMARTS) is 1. The third-order valence-corrected chi connectivity index (χ3v) is 1.55. The molecule has 14 heavy (non-hydrogen) atoms. The van der Waals surface area contributed by atoms with Gasteiger partial charge in [0.05, 0.1) is 7.11 Å². The summed E-state index contributed by atoms with van der Waals surface area (Å²) in [6.07, 6.45) is 0. The Kier molecular flexibility index (Phi) is 2.64. The molecule has 0 radical (unpaired) electrons. The number of carboxylic acids is 1. The van der Waals surface area contributed by atoms with Gasteiger partial charge in [0, 0.05) is 0 Å². The molecule has 3 nitrogen and oxygen atoms in total. The zero-order valence-corrected chi connectivity index (χ0v) is 6.97. The van der Waals surface area contributed by atoms with Crippen molar-refractivity contribution < 1.29 is 27.8 Å². The van der Waals surface area contributed by atoms with Gasteiger partial charge < -0.3 is 9.84 Å². The van der Waals surface area contributed by atoms with E-state index in [4.69, 9.17) is 5.11 Å². The maximum atomic E-state index is 12.9. The Morgan fingerprint density at radius 2 is 1.93 bits per heavy atom. The van der Waals surface area contributed by atoms with Crippen molar-refractivity contribution in [1.29, 1.82) is 0 Å². The molecule has 1 rings (SSSR count). The molecule has 0 aliphatic rings.